The summed E-state index contributed by atoms with van der Waals surface area (Å²) in [4.78, 5) is 0. The Morgan fingerprint density at radius 3 is 1.43 bits per heavy atom. The van der Waals surface area contributed by atoms with Crippen molar-refractivity contribution in [1.29, 1.82) is 0 Å². The normalized spacial score (nSPS) is 10.9. The van der Waals surface area contributed by atoms with Gasteiger partial charge in [0.2, 0.25) is 0 Å². The summed E-state index contributed by atoms with van der Waals surface area (Å²) < 4.78 is 2.33. The minimum atomic E-state index is 1.16. The average molecular weight is 314 g/mol. The van der Waals surface area contributed by atoms with Gasteiger partial charge in [0.1, 0.15) is 0 Å². The van der Waals surface area contributed by atoms with Crippen molar-refractivity contribution in [1.82, 2.24) is 0 Å². The van der Waals surface area contributed by atoms with Crippen LogP contribution in [0.5, 0.6) is 0 Å². The van der Waals surface area contributed by atoms with Crippen LogP contribution in [-0.2, 0) is 0 Å². The number of halogens is 2. The zero-order chi connectivity index (χ0) is 10.3. The summed E-state index contributed by atoms with van der Waals surface area (Å²) in [6, 6.07) is 8.49. The third-order valence-electron chi connectivity index (χ3n) is 2.48. The predicted octanol–water partition coefficient (Wildman–Crippen LogP) is 4.98. The molecule has 0 atom stereocenters. The molecule has 2 rings (SSSR count). The van der Waals surface area contributed by atoms with Gasteiger partial charge in [0.25, 0.3) is 0 Å². The Bertz CT molecular complexity index is 412. The molecule has 0 bridgehead atoms. The molecule has 2 aromatic rings. The van der Waals surface area contributed by atoms with E-state index >= 15 is 0 Å². The molecule has 0 nitrogen and oxygen atoms in total. The van der Waals surface area contributed by atoms with E-state index in [1.807, 2.05) is 0 Å². The Morgan fingerprint density at radius 1 is 0.714 bits per heavy atom. The topological polar surface area (TPSA) is 0 Å². The molecule has 0 aliphatic heterocycles. The number of benzene rings is 2. The van der Waals surface area contributed by atoms with E-state index in [9.17, 15) is 0 Å². The molecular weight excluding hydrogens is 304 g/mol. The minimum absolute atomic E-state index is 1.16. The lowest BCUT2D eigenvalue weighted by Crippen LogP contribution is -1.85. The van der Waals surface area contributed by atoms with Crippen molar-refractivity contribution in [3.05, 3.63) is 44.3 Å². The van der Waals surface area contributed by atoms with Crippen LogP contribution in [0.15, 0.2) is 33.2 Å². The highest BCUT2D eigenvalue weighted by Gasteiger charge is 2.07. The van der Waals surface area contributed by atoms with Crippen LogP contribution in [0.1, 0.15) is 11.1 Å². The van der Waals surface area contributed by atoms with Crippen LogP contribution in [-0.4, -0.2) is 0 Å². The summed E-state index contributed by atoms with van der Waals surface area (Å²) in [5.41, 5.74) is 2.61. The van der Waals surface area contributed by atoms with Crippen LogP contribution in [0.3, 0.4) is 0 Å². The van der Waals surface area contributed by atoms with Crippen molar-refractivity contribution in [3.63, 3.8) is 0 Å². The van der Waals surface area contributed by atoms with E-state index in [4.69, 9.17) is 0 Å². The molecule has 0 spiro atoms. The molecule has 0 aromatic heterocycles. The Labute approximate surface area is 101 Å². The Hall–Kier alpha value is -0.340. The first-order valence-corrected chi connectivity index (χ1v) is 6.04. The van der Waals surface area contributed by atoms with E-state index in [-0.39, 0.29) is 0 Å². The minimum Gasteiger partial charge on any atom is -0.0575 e. The number of aryl methyl sites for hydroxylation is 2. The maximum atomic E-state index is 3.60. The molecule has 0 unspecified atom stereocenters. The summed E-state index contributed by atoms with van der Waals surface area (Å²) in [7, 11) is 0. The fourth-order valence-corrected chi connectivity index (χ4v) is 3.03. The summed E-state index contributed by atoms with van der Waals surface area (Å²) in [6.07, 6.45) is 0. The van der Waals surface area contributed by atoms with Gasteiger partial charge in [-0.1, -0.05) is 44.0 Å². The molecule has 2 aromatic carbocycles. The molecule has 0 fully saturated rings. The molecule has 0 heterocycles. The zero-order valence-corrected chi connectivity index (χ0v) is 11.2. The highest BCUT2D eigenvalue weighted by molar-refractivity contribution is 9.11. The standard InChI is InChI=1S/C12H10Br2/c1-7-3-5-10(14)12-8(2)4-6-9(13)11(7)12/h3-6H,1-2H3. The van der Waals surface area contributed by atoms with Crippen LogP contribution >= 0.6 is 31.9 Å². The number of fused-ring (bicyclic) bond motifs is 1. The molecule has 14 heavy (non-hydrogen) atoms. The SMILES string of the molecule is Cc1ccc(Br)c2c(C)ccc(Br)c12. The molecular formula is C12H10Br2. The lowest BCUT2D eigenvalue weighted by atomic mass is 10.0. The summed E-state index contributed by atoms with van der Waals surface area (Å²) >= 11 is 7.19. The van der Waals surface area contributed by atoms with Crippen LogP contribution in [0.4, 0.5) is 0 Å². The monoisotopic (exact) mass is 312 g/mol. The second kappa shape index (κ2) is 3.67. The van der Waals surface area contributed by atoms with Gasteiger partial charge in [0.15, 0.2) is 0 Å². The van der Waals surface area contributed by atoms with Crippen molar-refractivity contribution in [2.24, 2.45) is 0 Å². The van der Waals surface area contributed by atoms with Crippen LogP contribution < -0.4 is 0 Å². The first-order valence-electron chi connectivity index (χ1n) is 4.45. The molecule has 72 valence electrons. The fraction of sp³-hybridized carbons (Fsp3) is 0.167. The van der Waals surface area contributed by atoms with Gasteiger partial charge in [0, 0.05) is 19.7 Å². The Morgan fingerprint density at radius 2 is 1.07 bits per heavy atom. The smallest absolute Gasteiger partial charge is 0.0256 e. The van der Waals surface area contributed by atoms with Crippen molar-refractivity contribution in [3.8, 4) is 0 Å². The van der Waals surface area contributed by atoms with E-state index in [1.54, 1.807) is 0 Å². The number of hydrogen-bond acceptors (Lipinski definition) is 0. The first-order chi connectivity index (χ1) is 6.61. The van der Waals surface area contributed by atoms with Crippen molar-refractivity contribution in [2.75, 3.05) is 0 Å². The molecule has 0 aliphatic carbocycles. The third-order valence-corrected chi connectivity index (χ3v) is 3.80. The lowest BCUT2D eigenvalue weighted by Gasteiger charge is -2.09. The second-order valence-electron chi connectivity index (χ2n) is 3.48. The Balaban J connectivity index is 3.05. The molecule has 0 aliphatic rings. The number of hydrogen-bond donors (Lipinski definition) is 0. The van der Waals surface area contributed by atoms with Gasteiger partial charge in [-0.3, -0.25) is 0 Å². The van der Waals surface area contributed by atoms with Crippen molar-refractivity contribution in [2.45, 2.75) is 13.8 Å². The lowest BCUT2D eigenvalue weighted by molar-refractivity contribution is 1.46. The van der Waals surface area contributed by atoms with E-state index in [0.717, 1.165) is 8.95 Å². The van der Waals surface area contributed by atoms with Crippen LogP contribution in [0.2, 0.25) is 0 Å². The largest absolute Gasteiger partial charge is 0.0575 e. The van der Waals surface area contributed by atoms with E-state index < -0.39 is 0 Å². The molecule has 0 saturated heterocycles. The highest BCUT2D eigenvalue weighted by Crippen LogP contribution is 2.34. The maximum absolute atomic E-state index is 3.60. The average Bonchev–Trinajstić information content (AvgIpc) is 2.16. The maximum Gasteiger partial charge on any atom is 0.0256 e. The highest BCUT2D eigenvalue weighted by atomic mass is 79.9. The third kappa shape index (κ3) is 1.51. The summed E-state index contributed by atoms with van der Waals surface area (Å²) in [5, 5.41) is 2.61. The first kappa shape index (κ1) is 10.2. The van der Waals surface area contributed by atoms with Gasteiger partial charge < -0.3 is 0 Å². The van der Waals surface area contributed by atoms with Gasteiger partial charge >= 0.3 is 0 Å². The zero-order valence-electron chi connectivity index (χ0n) is 8.07. The fourth-order valence-electron chi connectivity index (χ4n) is 1.74. The van der Waals surface area contributed by atoms with Crippen LogP contribution in [0.25, 0.3) is 10.8 Å². The van der Waals surface area contributed by atoms with Gasteiger partial charge in [-0.2, -0.15) is 0 Å². The van der Waals surface area contributed by atoms with Gasteiger partial charge in [-0.05, 0) is 37.1 Å². The van der Waals surface area contributed by atoms with Gasteiger partial charge in [0.05, 0.1) is 0 Å². The van der Waals surface area contributed by atoms with Crippen molar-refractivity contribution < 1.29 is 0 Å². The van der Waals surface area contributed by atoms with Crippen LogP contribution in [0, 0.1) is 13.8 Å². The molecule has 0 N–H and O–H groups in total. The number of rotatable bonds is 0. The quantitative estimate of drug-likeness (QED) is 0.643. The second-order valence-corrected chi connectivity index (χ2v) is 5.19. The van der Waals surface area contributed by atoms with E-state index in [0.29, 0.717) is 0 Å². The molecule has 0 amide bonds. The van der Waals surface area contributed by atoms with E-state index in [2.05, 4.69) is 70.0 Å². The van der Waals surface area contributed by atoms with Crippen molar-refractivity contribution >= 4 is 42.6 Å². The van der Waals surface area contributed by atoms with Gasteiger partial charge in [-0.25, -0.2) is 0 Å². The Kier molecular flexibility index (Phi) is 2.67. The molecule has 0 saturated carbocycles. The molecule has 2 heteroatoms. The van der Waals surface area contributed by atoms with E-state index in [1.165, 1.54) is 21.9 Å². The molecule has 0 radical (unpaired) electrons. The summed E-state index contributed by atoms with van der Waals surface area (Å²) in [6.45, 7) is 4.28. The van der Waals surface area contributed by atoms with Gasteiger partial charge in [-0.15, -0.1) is 0 Å². The summed E-state index contributed by atoms with van der Waals surface area (Å²) in [5.74, 6) is 0. The predicted molar refractivity (Wildman–Crippen MR) is 68.8 cm³/mol.